The number of hydrogen-bond acceptors (Lipinski definition) is 2. The summed E-state index contributed by atoms with van der Waals surface area (Å²) in [7, 11) is 0. The average molecular weight is 276 g/mol. The van der Waals surface area contributed by atoms with Crippen LogP contribution < -0.4 is 0 Å². The molecule has 0 saturated heterocycles. The summed E-state index contributed by atoms with van der Waals surface area (Å²) in [5, 5.41) is 10.4. The molecule has 19 heavy (non-hydrogen) atoms. The highest BCUT2D eigenvalue weighted by Gasteiger charge is 2.41. The van der Waals surface area contributed by atoms with Gasteiger partial charge in [0, 0.05) is 10.1 Å². The Bertz CT molecular complexity index is 503. The van der Waals surface area contributed by atoms with Crippen LogP contribution in [0.4, 0.5) is 0 Å². The van der Waals surface area contributed by atoms with Gasteiger partial charge in [0.25, 0.3) is 0 Å². The topological polar surface area (TPSA) is 37.3 Å². The van der Waals surface area contributed by atoms with Gasteiger partial charge in [-0.3, -0.25) is 4.79 Å². The summed E-state index contributed by atoms with van der Waals surface area (Å²) in [4.78, 5) is 13.2. The molecule has 1 saturated carbocycles. The molecule has 102 valence electrons. The first-order valence-electron chi connectivity index (χ1n) is 7.15. The molecule has 2 nitrogen and oxygen atoms in total. The zero-order chi connectivity index (χ0) is 13.5. The second-order valence-corrected chi connectivity index (χ2v) is 7.38. The zero-order valence-electron chi connectivity index (χ0n) is 11.3. The highest BCUT2D eigenvalue weighted by Crippen LogP contribution is 2.43. The molecule has 0 aromatic heterocycles. The normalized spacial score (nSPS) is 25.0. The van der Waals surface area contributed by atoms with Crippen molar-refractivity contribution >= 4 is 17.7 Å². The van der Waals surface area contributed by atoms with Crippen molar-refractivity contribution in [1.82, 2.24) is 0 Å². The molecule has 3 rings (SSSR count). The van der Waals surface area contributed by atoms with Gasteiger partial charge in [0.1, 0.15) is 0 Å². The summed E-state index contributed by atoms with van der Waals surface area (Å²) >= 11 is 1.91. The molecule has 1 unspecified atom stereocenters. The van der Waals surface area contributed by atoms with Crippen LogP contribution in [-0.2, 0) is 16.6 Å². The van der Waals surface area contributed by atoms with Gasteiger partial charge < -0.3 is 5.11 Å². The number of fused-ring (bicyclic) bond motifs is 1. The van der Waals surface area contributed by atoms with Crippen molar-refractivity contribution < 1.29 is 9.90 Å². The fourth-order valence-corrected chi connectivity index (χ4v) is 4.64. The Morgan fingerprint density at radius 1 is 1.32 bits per heavy atom. The van der Waals surface area contributed by atoms with Crippen LogP contribution >= 0.6 is 11.8 Å². The van der Waals surface area contributed by atoms with E-state index in [0.29, 0.717) is 5.25 Å². The van der Waals surface area contributed by atoms with E-state index in [4.69, 9.17) is 0 Å². The van der Waals surface area contributed by atoms with Crippen LogP contribution in [0.15, 0.2) is 23.1 Å². The fraction of sp³-hybridized carbons (Fsp3) is 0.562. The van der Waals surface area contributed by atoms with Gasteiger partial charge in [0.15, 0.2) is 0 Å². The summed E-state index contributed by atoms with van der Waals surface area (Å²) < 4.78 is 0. The quantitative estimate of drug-likeness (QED) is 0.886. The SMILES string of the molecule is CC1Cc2cc(C3(C(=O)O)CCCCC3)ccc2S1. The van der Waals surface area contributed by atoms with Gasteiger partial charge in [0.05, 0.1) is 5.41 Å². The van der Waals surface area contributed by atoms with Crippen molar-refractivity contribution in [3.63, 3.8) is 0 Å². The number of carbonyl (C=O) groups is 1. The van der Waals surface area contributed by atoms with Gasteiger partial charge in [-0.2, -0.15) is 0 Å². The Morgan fingerprint density at radius 3 is 2.74 bits per heavy atom. The molecule has 1 aromatic carbocycles. The van der Waals surface area contributed by atoms with Gasteiger partial charge in [-0.1, -0.05) is 38.3 Å². The van der Waals surface area contributed by atoms with E-state index in [1.807, 2.05) is 11.8 Å². The van der Waals surface area contributed by atoms with Gasteiger partial charge in [0.2, 0.25) is 0 Å². The van der Waals surface area contributed by atoms with E-state index in [-0.39, 0.29) is 0 Å². The molecule has 0 amide bonds. The molecule has 1 aromatic rings. The number of carboxylic acids is 1. The Hall–Kier alpha value is -0.960. The lowest BCUT2D eigenvalue weighted by Gasteiger charge is -2.34. The molecule has 1 aliphatic heterocycles. The highest BCUT2D eigenvalue weighted by atomic mass is 32.2. The molecule has 3 heteroatoms. The number of aliphatic carboxylic acids is 1. The summed E-state index contributed by atoms with van der Waals surface area (Å²) in [5.74, 6) is -0.633. The third kappa shape index (κ3) is 2.18. The predicted octanol–water partition coefficient (Wildman–Crippen LogP) is 4.01. The van der Waals surface area contributed by atoms with E-state index in [9.17, 15) is 9.90 Å². The van der Waals surface area contributed by atoms with Crippen molar-refractivity contribution in [1.29, 1.82) is 0 Å². The third-order valence-electron chi connectivity index (χ3n) is 4.57. The monoisotopic (exact) mass is 276 g/mol. The van der Waals surface area contributed by atoms with Crippen molar-refractivity contribution in [3.05, 3.63) is 29.3 Å². The smallest absolute Gasteiger partial charge is 0.314 e. The van der Waals surface area contributed by atoms with Gasteiger partial charge in [-0.15, -0.1) is 11.8 Å². The molecule has 1 aliphatic carbocycles. The minimum absolute atomic E-state index is 0.621. The van der Waals surface area contributed by atoms with Crippen LogP contribution in [0.3, 0.4) is 0 Å². The molecular weight excluding hydrogens is 256 g/mol. The maximum Gasteiger partial charge on any atom is 0.314 e. The molecule has 1 atom stereocenters. The van der Waals surface area contributed by atoms with Crippen LogP contribution in [0, 0.1) is 0 Å². The van der Waals surface area contributed by atoms with E-state index in [0.717, 1.165) is 37.7 Å². The highest BCUT2D eigenvalue weighted by molar-refractivity contribution is 8.00. The van der Waals surface area contributed by atoms with Crippen LogP contribution in [0.25, 0.3) is 0 Å². The summed E-state index contributed by atoms with van der Waals surface area (Å²) in [6.07, 6.45) is 5.91. The first-order chi connectivity index (χ1) is 9.12. The largest absolute Gasteiger partial charge is 0.481 e. The van der Waals surface area contributed by atoms with E-state index >= 15 is 0 Å². The van der Waals surface area contributed by atoms with E-state index in [1.165, 1.54) is 16.9 Å². The Kier molecular flexibility index (Phi) is 3.34. The van der Waals surface area contributed by atoms with E-state index in [1.54, 1.807) is 0 Å². The van der Waals surface area contributed by atoms with E-state index < -0.39 is 11.4 Å². The summed E-state index contributed by atoms with van der Waals surface area (Å²) in [6.45, 7) is 2.23. The van der Waals surface area contributed by atoms with E-state index in [2.05, 4.69) is 25.1 Å². The lowest BCUT2D eigenvalue weighted by Crippen LogP contribution is -2.37. The second-order valence-electron chi connectivity index (χ2n) is 5.90. The van der Waals surface area contributed by atoms with Gasteiger partial charge in [-0.25, -0.2) is 0 Å². The first kappa shape index (κ1) is 13.0. The van der Waals surface area contributed by atoms with Gasteiger partial charge >= 0.3 is 5.97 Å². The zero-order valence-corrected chi connectivity index (χ0v) is 12.1. The summed E-state index contributed by atoms with van der Waals surface area (Å²) in [5.41, 5.74) is 1.76. The number of hydrogen-bond donors (Lipinski definition) is 1. The van der Waals surface area contributed by atoms with Crippen molar-refractivity contribution in [2.24, 2.45) is 0 Å². The Balaban J connectivity index is 2.00. The number of carboxylic acid groups (broad SMARTS) is 1. The molecule has 0 radical (unpaired) electrons. The number of rotatable bonds is 2. The molecule has 1 heterocycles. The van der Waals surface area contributed by atoms with Crippen LogP contribution in [0.5, 0.6) is 0 Å². The van der Waals surface area contributed by atoms with Crippen LogP contribution in [-0.4, -0.2) is 16.3 Å². The van der Waals surface area contributed by atoms with Crippen LogP contribution in [0.1, 0.15) is 50.2 Å². The molecule has 1 fully saturated rings. The van der Waals surface area contributed by atoms with Crippen molar-refractivity contribution in [3.8, 4) is 0 Å². The lowest BCUT2D eigenvalue weighted by atomic mass is 9.69. The Morgan fingerprint density at radius 2 is 2.05 bits per heavy atom. The summed E-state index contributed by atoms with van der Waals surface area (Å²) in [6, 6.07) is 6.37. The minimum atomic E-state index is -0.633. The first-order valence-corrected chi connectivity index (χ1v) is 8.03. The maximum absolute atomic E-state index is 11.8. The molecule has 1 N–H and O–H groups in total. The van der Waals surface area contributed by atoms with Crippen LogP contribution in [0.2, 0.25) is 0 Å². The third-order valence-corrected chi connectivity index (χ3v) is 5.79. The maximum atomic E-state index is 11.8. The van der Waals surface area contributed by atoms with Crippen molar-refractivity contribution in [2.75, 3.05) is 0 Å². The number of benzene rings is 1. The number of thioether (sulfide) groups is 1. The standard InChI is InChI=1S/C16H20O2S/c1-11-9-12-10-13(5-6-14(12)19-11)16(15(17)18)7-3-2-4-8-16/h5-6,10-11H,2-4,7-9H2,1H3,(H,17,18). The molecule has 0 spiro atoms. The lowest BCUT2D eigenvalue weighted by molar-refractivity contribution is -0.145. The van der Waals surface area contributed by atoms with Gasteiger partial charge in [-0.05, 0) is 36.5 Å². The molecule has 0 bridgehead atoms. The fourth-order valence-electron chi connectivity index (χ4n) is 3.50. The molecular formula is C16H20O2S. The average Bonchev–Trinajstić information content (AvgIpc) is 2.78. The molecule has 2 aliphatic rings. The minimum Gasteiger partial charge on any atom is -0.481 e. The van der Waals surface area contributed by atoms with Crippen molar-refractivity contribution in [2.45, 2.75) is 61.0 Å². The predicted molar refractivity (Wildman–Crippen MR) is 77.9 cm³/mol. The second kappa shape index (κ2) is 4.86. The Labute approximate surface area is 118 Å².